The molecule has 9 heteroatoms. The Kier molecular flexibility index (Phi) is 5.44. The summed E-state index contributed by atoms with van der Waals surface area (Å²) in [5, 5.41) is 30.7. The number of rotatable bonds is 6. The van der Waals surface area contributed by atoms with E-state index in [1.807, 2.05) is 0 Å². The minimum Gasteiger partial charge on any atom is -0.496 e. The maximum atomic E-state index is 11.1. The van der Waals surface area contributed by atoms with Gasteiger partial charge in [0.25, 0.3) is 5.69 Å². The van der Waals surface area contributed by atoms with Crippen LogP contribution in [-0.4, -0.2) is 41.4 Å². The van der Waals surface area contributed by atoms with Crippen molar-refractivity contribution in [3.05, 3.63) is 27.8 Å². The Hall–Kier alpha value is -2.39. The molecule has 0 radical (unpaired) electrons. The van der Waals surface area contributed by atoms with E-state index >= 15 is 0 Å². The van der Waals surface area contributed by atoms with Crippen molar-refractivity contribution >= 4 is 17.3 Å². The molecule has 1 aromatic rings. The normalized spacial score (nSPS) is 13.3. The van der Waals surface area contributed by atoms with Crippen LogP contribution in [-0.2, 0) is 9.53 Å². The molecule has 9 nitrogen and oxygen atoms in total. The van der Waals surface area contributed by atoms with Crippen molar-refractivity contribution in [2.24, 2.45) is 0 Å². The Labute approximate surface area is 120 Å². The molecular formula is C12H16N2O7. The van der Waals surface area contributed by atoms with E-state index in [1.54, 1.807) is 0 Å². The van der Waals surface area contributed by atoms with E-state index in [4.69, 9.17) is 10.5 Å². The second-order valence-corrected chi connectivity index (χ2v) is 4.20. The zero-order valence-electron chi connectivity index (χ0n) is 11.5. The van der Waals surface area contributed by atoms with Gasteiger partial charge in [0, 0.05) is 5.56 Å². The zero-order chi connectivity index (χ0) is 16.2. The van der Waals surface area contributed by atoms with Crippen molar-refractivity contribution < 1.29 is 29.4 Å². The number of nitrogens with two attached hydrogens (primary N) is 1. The molecule has 0 fully saturated rings. The third kappa shape index (κ3) is 3.80. The number of carbonyl (C=O) groups excluding carboxylic acids is 1. The molecule has 2 unspecified atom stereocenters. The van der Waals surface area contributed by atoms with Gasteiger partial charge in [-0.25, -0.2) is 0 Å². The maximum Gasteiger partial charge on any atom is 0.308 e. The number of aliphatic hydroxyl groups is 2. The standard InChI is InChI=1S/C12H16N2O7/c1-20-6-3-7(11(13)8(4-6)14(18)19)12(17)9(15)5-10(16)21-2/h3-4,9,12,15,17H,5,13H2,1-2H3. The Morgan fingerprint density at radius 2 is 2.05 bits per heavy atom. The van der Waals surface area contributed by atoms with Gasteiger partial charge in [-0.15, -0.1) is 0 Å². The van der Waals surface area contributed by atoms with Gasteiger partial charge in [-0.3, -0.25) is 14.9 Å². The van der Waals surface area contributed by atoms with Gasteiger partial charge in [-0.2, -0.15) is 0 Å². The van der Waals surface area contributed by atoms with Gasteiger partial charge in [0.2, 0.25) is 0 Å². The van der Waals surface area contributed by atoms with Crippen molar-refractivity contribution in [1.82, 2.24) is 0 Å². The number of benzene rings is 1. The third-order valence-corrected chi connectivity index (χ3v) is 2.88. The number of nitro groups is 1. The largest absolute Gasteiger partial charge is 0.496 e. The number of methoxy groups -OCH3 is 2. The van der Waals surface area contributed by atoms with E-state index in [0.29, 0.717) is 0 Å². The number of ether oxygens (including phenoxy) is 2. The lowest BCUT2D eigenvalue weighted by Crippen LogP contribution is -2.23. The Bertz CT molecular complexity index is 547. The lowest BCUT2D eigenvalue weighted by Gasteiger charge is -2.19. The Balaban J connectivity index is 3.19. The van der Waals surface area contributed by atoms with Gasteiger partial charge in [-0.05, 0) is 6.07 Å². The molecule has 0 saturated heterocycles. The molecule has 0 amide bonds. The summed E-state index contributed by atoms with van der Waals surface area (Å²) in [7, 11) is 2.42. The van der Waals surface area contributed by atoms with Crippen LogP contribution >= 0.6 is 0 Å². The summed E-state index contributed by atoms with van der Waals surface area (Å²) in [6.07, 6.45) is -3.60. The topological polar surface area (TPSA) is 145 Å². The highest BCUT2D eigenvalue weighted by molar-refractivity contribution is 5.70. The van der Waals surface area contributed by atoms with E-state index in [-0.39, 0.29) is 17.0 Å². The fourth-order valence-electron chi connectivity index (χ4n) is 1.72. The highest BCUT2D eigenvalue weighted by Crippen LogP contribution is 2.35. The van der Waals surface area contributed by atoms with E-state index in [0.717, 1.165) is 13.2 Å². The van der Waals surface area contributed by atoms with Crippen LogP contribution in [0.1, 0.15) is 18.1 Å². The fourth-order valence-corrected chi connectivity index (χ4v) is 1.72. The molecule has 0 aromatic heterocycles. The van der Waals surface area contributed by atoms with Crippen LogP contribution in [0.15, 0.2) is 12.1 Å². The average molecular weight is 300 g/mol. The number of anilines is 1. The minimum absolute atomic E-state index is 0.0928. The molecule has 0 bridgehead atoms. The molecule has 1 rings (SSSR count). The second kappa shape index (κ2) is 6.86. The summed E-state index contributed by atoms with van der Waals surface area (Å²) in [4.78, 5) is 21.3. The molecule has 0 aliphatic heterocycles. The minimum atomic E-state index is -1.60. The van der Waals surface area contributed by atoms with Gasteiger partial charge >= 0.3 is 5.97 Å². The van der Waals surface area contributed by atoms with Crippen LogP contribution in [0.5, 0.6) is 5.75 Å². The van der Waals surface area contributed by atoms with Gasteiger partial charge in [0.15, 0.2) is 0 Å². The number of nitrogen functional groups attached to an aromatic ring is 1. The lowest BCUT2D eigenvalue weighted by molar-refractivity contribution is -0.384. The second-order valence-electron chi connectivity index (χ2n) is 4.20. The Morgan fingerprint density at radius 3 is 2.52 bits per heavy atom. The van der Waals surface area contributed by atoms with Crippen LogP contribution in [0.4, 0.5) is 11.4 Å². The van der Waals surface area contributed by atoms with E-state index < -0.39 is 35.2 Å². The monoisotopic (exact) mass is 300 g/mol. The molecule has 0 heterocycles. The van der Waals surface area contributed by atoms with Gasteiger partial charge in [0.1, 0.15) is 17.5 Å². The Morgan fingerprint density at radius 1 is 1.43 bits per heavy atom. The predicted molar refractivity (Wildman–Crippen MR) is 71.7 cm³/mol. The summed E-state index contributed by atoms with van der Waals surface area (Å²) in [6, 6.07) is 2.35. The van der Waals surface area contributed by atoms with Crippen LogP contribution in [0, 0.1) is 10.1 Å². The van der Waals surface area contributed by atoms with Crippen molar-refractivity contribution in [3.8, 4) is 5.75 Å². The summed E-state index contributed by atoms with van der Waals surface area (Å²) in [5.74, 6) is -0.646. The summed E-state index contributed by atoms with van der Waals surface area (Å²) >= 11 is 0. The van der Waals surface area contributed by atoms with Crippen molar-refractivity contribution in [2.45, 2.75) is 18.6 Å². The first-order valence-corrected chi connectivity index (χ1v) is 5.86. The van der Waals surface area contributed by atoms with E-state index in [9.17, 15) is 25.1 Å². The lowest BCUT2D eigenvalue weighted by atomic mass is 9.99. The molecule has 1 aromatic carbocycles. The van der Waals surface area contributed by atoms with E-state index in [2.05, 4.69) is 4.74 Å². The summed E-state index contributed by atoms with van der Waals surface area (Å²) in [5.41, 5.74) is 4.75. The number of hydrogen-bond donors (Lipinski definition) is 3. The van der Waals surface area contributed by atoms with E-state index in [1.165, 1.54) is 13.2 Å². The molecule has 116 valence electrons. The summed E-state index contributed by atoms with van der Waals surface area (Å²) < 4.78 is 9.26. The number of nitro benzene ring substituents is 1. The first-order chi connectivity index (χ1) is 9.81. The van der Waals surface area contributed by atoms with Crippen LogP contribution in [0.2, 0.25) is 0 Å². The quantitative estimate of drug-likeness (QED) is 0.291. The summed E-state index contributed by atoms with van der Waals surface area (Å²) in [6.45, 7) is 0. The number of hydrogen-bond acceptors (Lipinski definition) is 8. The molecule has 2 atom stereocenters. The molecule has 4 N–H and O–H groups in total. The number of nitrogens with zero attached hydrogens (tertiary/aromatic N) is 1. The first-order valence-electron chi connectivity index (χ1n) is 5.86. The van der Waals surface area contributed by atoms with Crippen molar-refractivity contribution in [1.29, 1.82) is 0 Å². The van der Waals surface area contributed by atoms with Crippen molar-refractivity contribution in [2.75, 3.05) is 20.0 Å². The highest BCUT2D eigenvalue weighted by atomic mass is 16.6. The van der Waals surface area contributed by atoms with Gasteiger partial charge in [0.05, 0.1) is 37.7 Å². The highest BCUT2D eigenvalue weighted by Gasteiger charge is 2.28. The number of aliphatic hydroxyl groups excluding tert-OH is 2. The molecule has 21 heavy (non-hydrogen) atoms. The third-order valence-electron chi connectivity index (χ3n) is 2.88. The van der Waals surface area contributed by atoms with Crippen LogP contribution in [0.3, 0.4) is 0 Å². The molecular weight excluding hydrogens is 284 g/mol. The molecule has 0 aliphatic rings. The van der Waals surface area contributed by atoms with Gasteiger partial charge < -0.3 is 25.4 Å². The number of carbonyl (C=O) groups is 1. The maximum absolute atomic E-state index is 11.1. The van der Waals surface area contributed by atoms with Crippen LogP contribution < -0.4 is 10.5 Å². The predicted octanol–water partition coefficient (Wildman–Crippen LogP) is 0.143. The fraction of sp³-hybridized carbons (Fsp3) is 0.417. The van der Waals surface area contributed by atoms with Crippen molar-refractivity contribution in [3.63, 3.8) is 0 Å². The zero-order valence-corrected chi connectivity index (χ0v) is 11.5. The van der Waals surface area contributed by atoms with Crippen LogP contribution in [0.25, 0.3) is 0 Å². The average Bonchev–Trinajstić information content (AvgIpc) is 2.46. The number of esters is 1. The molecule has 0 spiro atoms. The van der Waals surface area contributed by atoms with Gasteiger partial charge in [-0.1, -0.05) is 0 Å². The smallest absolute Gasteiger partial charge is 0.308 e. The molecule has 0 aliphatic carbocycles. The first kappa shape index (κ1) is 16.7. The SMILES string of the molecule is COC(=O)CC(O)C(O)c1cc(OC)cc([N+](=O)[O-])c1N. The molecule has 0 saturated carbocycles.